The summed E-state index contributed by atoms with van der Waals surface area (Å²) >= 11 is 0. The molecule has 0 aliphatic heterocycles. The van der Waals surface area contributed by atoms with E-state index in [1.807, 2.05) is 36.4 Å². The van der Waals surface area contributed by atoms with E-state index in [-0.39, 0.29) is 0 Å². The minimum absolute atomic E-state index is 0.545. The highest BCUT2D eigenvalue weighted by atomic mass is 16.4. The molecule has 1 aromatic heterocycles. The van der Waals surface area contributed by atoms with Crippen LogP contribution in [0, 0.1) is 5.41 Å². The number of allylic oxidation sites excluding steroid dienone is 1. The molecule has 0 saturated carbocycles. The summed E-state index contributed by atoms with van der Waals surface area (Å²) in [5, 5.41) is 16.5. The van der Waals surface area contributed by atoms with E-state index < -0.39 is 5.97 Å². The number of carbonyl (C=O) groups is 1. The summed E-state index contributed by atoms with van der Waals surface area (Å²) in [4.78, 5) is 19.1. The van der Waals surface area contributed by atoms with E-state index in [1.54, 1.807) is 24.5 Å². The minimum atomic E-state index is -0.988. The normalized spacial score (nSPS) is 11.9. The first-order valence-corrected chi connectivity index (χ1v) is 9.43. The van der Waals surface area contributed by atoms with Gasteiger partial charge in [0.15, 0.2) is 0 Å². The van der Waals surface area contributed by atoms with Gasteiger partial charge in [0.05, 0.1) is 0 Å². The predicted molar refractivity (Wildman–Crippen MR) is 120 cm³/mol. The van der Waals surface area contributed by atoms with E-state index in [1.165, 1.54) is 12.5 Å². The van der Waals surface area contributed by atoms with Gasteiger partial charge in [0, 0.05) is 41.5 Å². The molecule has 0 bridgehead atoms. The van der Waals surface area contributed by atoms with Gasteiger partial charge in [0.2, 0.25) is 0 Å². The molecule has 3 aromatic rings. The summed E-state index contributed by atoms with van der Waals surface area (Å²) in [5.41, 5.74) is 12.8. The van der Waals surface area contributed by atoms with Crippen LogP contribution in [0.25, 0.3) is 17.2 Å². The zero-order valence-electron chi connectivity index (χ0n) is 16.5. The summed E-state index contributed by atoms with van der Waals surface area (Å²) < 4.78 is 0. The maximum atomic E-state index is 10.8. The van der Waals surface area contributed by atoms with Crippen molar-refractivity contribution < 1.29 is 9.90 Å². The third kappa shape index (κ3) is 4.67. The Kier molecular flexibility index (Phi) is 6.49. The SMILES string of the molecule is CC/C(=C(/c1ccc(/C=C/C(=O)O)cc1)c1ccc(N)c(C=N)c1)c1cncnc1. The van der Waals surface area contributed by atoms with Crippen LogP contribution in [0.1, 0.15) is 41.2 Å². The van der Waals surface area contributed by atoms with Gasteiger partial charge >= 0.3 is 5.97 Å². The molecule has 0 fully saturated rings. The fourth-order valence-electron chi connectivity index (χ4n) is 3.28. The molecule has 0 atom stereocenters. The first-order chi connectivity index (χ1) is 14.5. The highest BCUT2D eigenvalue weighted by Gasteiger charge is 2.14. The van der Waals surface area contributed by atoms with Crippen LogP contribution in [0.2, 0.25) is 0 Å². The number of nitrogens with zero attached hydrogens (tertiary/aromatic N) is 2. The van der Waals surface area contributed by atoms with E-state index in [0.29, 0.717) is 11.3 Å². The lowest BCUT2D eigenvalue weighted by atomic mass is 9.88. The van der Waals surface area contributed by atoms with Crippen molar-refractivity contribution in [3.05, 3.63) is 95.1 Å². The van der Waals surface area contributed by atoms with Gasteiger partial charge in [0.1, 0.15) is 6.33 Å². The zero-order chi connectivity index (χ0) is 21.5. The number of rotatable bonds is 7. The van der Waals surface area contributed by atoms with E-state index >= 15 is 0 Å². The Morgan fingerprint density at radius 3 is 2.33 bits per heavy atom. The second-order valence-electron chi connectivity index (χ2n) is 6.62. The monoisotopic (exact) mass is 398 g/mol. The molecule has 4 N–H and O–H groups in total. The summed E-state index contributed by atoms with van der Waals surface area (Å²) in [5.74, 6) is -0.988. The van der Waals surface area contributed by atoms with Crippen molar-refractivity contribution in [3.63, 3.8) is 0 Å². The van der Waals surface area contributed by atoms with Crippen LogP contribution < -0.4 is 5.73 Å². The van der Waals surface area contributed by atoms with E-state index in [4.69, 9.17) is 16.2 Å². The smallest absolute Gasteiger partial charge is 0.328 e. The Balaban J connectivity index is 2.21. The topological polar surface area (TPSA) is 113 Å². The van der Waals surface area contributed by atoms with E-state index in [2.05, 4.69) is 16.9 Å². The number of aromatic nitrogens is 2. The summed E-state index contributed by atoms with van der Waals surface area (Å²) in [6.07, 6.45) is 9.71. The van der Waals surface area contributed by atoms with Crippen molar-refractivity contribution in [2.24, 2.45) is 0 Å². The standard InChI is InChI=1S/C24H22N4O2/c1-2-21(20-13-27-15-28-14-20)24(18-8-9-22(26)19(11-18)12-25)17-6-3-16(4-7-17)5-10-23(29)30/h3-15,25H,2,26H2,1H3,(H,29,30)/b10-5+,24-21+,25-12?. The number of anilines is 1. The molecule has 6 nitrogen and oxygen atoms in total. The molecule has 0 spiro atoms. The molecule has 3 rings (SSSR count). The van der Waals surface area contributed by atoms with Gasteiger partial charge in [-0.05, 0) is 52.5 Å². The van der Waals surface area contributed by atoms with Crippen molar-refractivity contribution in [2.75, 3.05) is 5.73 Å². The fraction of sp³-hybridized carbons (Fsp3) is 0.0833. The Bertz CT molecular complexity index is 1120. The zero-order valence-corrected chi connectivity index (χ0v) is 16.5. The van der Waals surface area contributed by atoms with Crippen molar-refractivity contribution in [1.29, 1.82) is 5.41 Å². The van der Waals surface area contributed by atoms with Gasteiger partial charge < -0.3 is 16.2 Å². The largest absolute Gasteiger partial charge is 0.478 e. The Morgan fingerprint density at radius 1 is 1.07 bits per heavy atom. The van der Waals surface area contributed by atoms with Crippen LogP contribution >= 0.6 is 0 Å². The Morgan fingerprint density at radius 2 is 1.73 bits per heavy atom. The number of hydrogen-bond donors (Lipinski definition) is 3. The molecule has 0 unspecified atom stereocenters. The molecule has 2 aromatic carbocycles. The lowest BCUT2D eigenvalue weighted by Gasteiger charge is -2.17. The molecule has 150 valence electrons. The van der Waals surface area contributed by atoms with Crippen LogP contribution in [0.5, 0.6) is 0 Å². The second-order valence-corrected chi connectivity index (χ2v) is 6.62. The van der Waals surface area contributed by atoms with E-state index in [0.717, 1.165) is 45.9 Å². The molecule has 0 amide bonds. The third-order valence-electron chi connectivity index (χ3n) is 4.71. The lowest BCUT2D eigenvalue weighted by molar-refractivity contribution is -0.131. The quantitative estimate of drug-likeness (QED) is 0.308. The molecule has 1 heterocycles. The number of benzene rings is 2. The first kappa shape index (κ1) is 20.7. The molecular formula is C24H22N4O2. The molecule has 6 heteroatoms. The molecule has 0 aliphatic carbocycles. The van der Waals surface area contributed by atoms with Crippen LogP contribution in [0.4, 0.5) is 5.69 Å². The Hall–Kier alpha value is -4.06. The number of nitrogens with one attached hydrogen (secondary N) is 1. The first-order valence-electron chi connectivity index (χ1n) is 9.43. The maximum absolute atomic E-state index is 10.8. The molecule has 0 saturated heterocycles. The highest BCUT2D eigenvalue weighted by Crippen LogP contribution is 2.35. The van der Waals surface area contributed by atoms with Crippen molar-refractivity contribution in [3.8, 4) is 0 Å². The van der Waals surface area contributed by atoms with Crippen molar-refractivity contribution in [2.45, 2.75) is 13.3 Å². The van der Waals surface area contributed by atoms with Crippen LogP contribution in [0.3, 0.4) is 0 Å². The van der Waals surface area contributed by atoms with Gasteiger partial charge in [-0.1, -0.05) is 37.3 Å². The highest BCUT2D eigenvalue weighted by molar-refractivity contribution is 6.00. The second kappa shape index (κ2) is 9.43. The van der Waals surface area contributed by atoms with E-state index in [9.17, 15) is 4.79 Å². The number of nitrogen functional groups attached to an aromatic ring is 1. The van der Waals surface area contributed by atoms with Gasteiger partial charge in [-0.25, -0.2) is 14.8 Å². The van der Waals surface area contributed by atoms with Crippen LogP contribution in [-0.4, -0.2) is 27.3 Å². The fourth-order valence-corrected chi connectivity index (χ4v) is 3.28. The average Bonchev–Trinajstić information content (AvgIpc) is 2.77. The minimum Gasteiger partial charge on any atom is -0.478 e. The van der Waals surface area contributed by atoms with Crippen molar-refractivity contribution in [1.82, 2.24) is 9.97 Å². The average molecular weight is 398 g/mol. The molecule has 0 radical (unpaired) electrons. The number of nitrogens with two attached hydrogens (primary N) is 1. The van der Waals surface area contributed by atoms with Crippen LogP contribution in [0.15, 0.2) is 67.3 Å². The lowest BCUT2D eigenvalue weighted by Crippen LogP contribution is -1.99. The van der Waals surface area contributed by atoms with Gasteiger partial charge in [0.25, 0.3) is 0 Å². The summed E-state index contributed by atoms with van der Waals surface area (Å²) in [6, 6.07) is 13.3. The number of hydrogen-bond acceptors (Lipinski definition) is 5. The van der Waals surface area contributed by atoms with Gasteiger partial charge in [-0.3, -0.25) is 0 Å². The Labute approximate surface area is 175 Å². The molecule has 0 aliphatic rings. The van der Waals surface area contributed by atoms with Crippen molar-refractivity contribution >= 4 is 35.1 Å². The van der Waals surface area contributed by atoms with Gasteiger partial charge in [-0.15, -0.1) is 0 Å². The molecule has 30 heavy (non-hydrogen) atoms. The maximum Gasteiger partial charge on any atom is 0.328 e. The van der Waals surface area contributed by atoms with Gasteiger partial charge in [-0.2, -0.15) is 0 Å². The predicted octanol–water partition coefficient (Wildman–Crippen LogP) is 4.52. The summed E-state index contributed by atoms with van der Waals surface area (Å²) in [7, 11) is 0. The van der Waals surface area contributed by atoms with Crippen LogP contribution in [-0.2, 0) is 4.79 Å². The summed E-state index contributed by atoms with van der Waals surface area (Å²) in [6.45, 7) is 2.07. The number of carboxylic acid groups (broad SMARTS) is 1. The number of carboxylic acids is 1. The molecular weight excluding hydrogens is 376 g/mol. The third-order valence-corrected chi connectivity index (χ3v) is 4.71. The number of aliphatic carboxylic acids is 1.